The van der Waals surface area contributed by atoms with E-state index in [2.05, 4.69) is 0 Å². The molecule has 1 aromatic heterocycles. The zero-order chi connectivity index (χ0) is 14.4. The maximum Gasteiger partial charge on any atom is 0.307 e. The molecule has 1 unspecified atom stereocenters. The molecular formula is C11H11FN2O4S. The fourth-order valence-electron chi connectivity index (χ4n) is 1.99. The molecule has 2 heterocycles. The molecule has 1 saturated heterocycles. The number of hydrogen-bond acceptors (Lipinski definition) is 5. The number of nitriles is 1. The molecule has 8 heteroatoms. The average molecular weight is 286 g/mol. The van der Waals surface area contributed by atoms with Crippen LogP contribution in [-0.2, 0) is 15.0 Å². The van der Waals surface area contributed by atoms with Crippen molar-refractivity contribution in [1.82, 2.24) is 0 Å². The highest BCUT2D eigenvalue weighted by Gasteiger charge is 2.41. The topological polar surface area (TPSA) is 91.4 Å². The smallest absolute Gasteiger partial charge is 0.307 e. The summed E-state index contributed by atoms with van der Waals surface area (Å²) >= 11 is 0. The molecule has 0 aromatic carbocycles. The van der Waals surface area contributed by atoms with E-state index in [9.17, 15) is 17.1 Å². The van der Waals surface area contributed by atoms with Crippen molar-refractivity contribution in [3.63, 3.8) is 0 Å². The summed E-state index contributed by atoms with van der Waals surface area (Å²) in [6.45, 7) is 2.95. The molecule has 0 spiro atoms. The molecule has 19 heavy (non-hydrogen) atoms. The van der Waals surface area contributed by atoms with Gasteiger partial charge in [-0.25, -0.2) is 0 Å². The summed E-state index contributed by atoms with van der Waals surface area (Å²) in [6.07, 6.45) is -0.442. The predicted octanol–water partition coefficient (Wildman–Crippen LogP) is 1.17. The van der Waals surface area contributed by atoms with Crippen LogP contribution in [0.25, 0.3) is 0 Å². The molecule has 6 nitrogen and oxygen atoms in total. The number of carbonyl (C=O) groups is 1. The van der Waals surface area contributed by atoms with E-state index >= 15 is 0 Å². The first-order valence-electron chi connectivity index (χ1n) is 5.49. The van der Waals surface area contributed by atoms with Crippen LogP contribution < -0.4 is 4.90 Å². The Hall–Kier alpha value is -1.88. The fourth-order valence-corrected chi connectivity index (χ4v) is 2.66. The third kappa shape index (κ3) is 2.21. The number of halogens is 1. The van der Waals surface area contributed by atoms with E-state index < -0.39 is 27.8 Å². The second kappa shape index (κ2) is 4.35. The van der Waals surface area contributed by atoms with Gasteiger partial charge in [0.15, 0.2) is 0 Å². The molecule has 0 radical (unpaired) electrons. The number of rotatable bonds is 2. The number of furan rings is 1. The average Bonchev–Trinajstić information content (AvgIpc) is 2.81. The summed E-state index contributed by atoms with van der Waals surface area (Å²) in [5.41, 5.74) is 0.750. The first kappa shape index (κ1) is 13.5. The molecule has 1 fully saturated rings. The lowest BCUT2D eigenvalue weighted by atomic mass is 10.2. The van der Waals surface area contributed by atoms with E-state index in [-0.39, 0.29) is 18.0 Å². The van der Waals surface area contributed by atoms with Gasteiger partial charge < -0.3 is 4.42 Å². The minimum absolute atomic E-state index is 0.00588. The zero-order valence-electron chi connectivity index (χ0n) is 10.3. The van der Waals surface area contributed by atoms with E-state index in [4.69, 9.17) is 9.68 Å². The number of hydrogen-bond donors (Lipinski definition) is 0. The number of aryl methyl sites for hydroxylation is 1. The number of nitrogens with zero attached hydrogens (tertiary/aromatic N) is 2. The van der Waals surface area contributed by atoms with Gasteiger partial charge in [0.05, 0.1) is 0 Å². The molecule has 1 aliphatic rings. The largest absolute Gasteiger partial charge is 0.444 e. The van der Waals surface area contributed by atoms with E-state index in [1.165, 1.54) is 0 Å². The summed E-state index contributed by atoms with van der Waals surface area (Å²) in [6, 6.07) is 1.90. The summed E-state index contributed by atoms with van der Waals surface area (Å²) in [4.78, 5) is 12.8. The van der Waals surface area contributed by atoms with Crippen molar-refractivity contribution in [3.05, 3.63) is 16.9 Å². The van der Waals surface area contributed by atoms with Gasteiger partial charge >= 0.3 is 10.2 Å². The lowest BCUT2D eigenvalue weighted by Crippen LogP contribution is -2.27. The maximum absolute atomic E-state index is 12.9. The van der Waals surface area contributed by atoms with Crippen LogP contribution in [0.15, 0.2) is 4.42 Å². The second-order valence-corrected chi connectivity index (χ2v) is 6.00. The fraction of sp³-hybridized carbons (Fsp3) is 0.455. The van der Waals surface area contributed by atoms with Crippen LogP contribution >= 0.6 is 0 Å². The predicted molar refractivity (Wildman–Crippen MR) is 63.7 cm³/mol. The minimum atomic E-state index is -4.79. The van der Waals surface area contributed by atoms with Gasteiger partial charge in [-0.1, -0.05) is 0 Å². The molecule has 0 saturated carbocycles. The standard InChI is InChI=1S/C11H11FN2O4S/c1-6-7(2)18-11(9(6)4-13)14-5-8(3-10(14)15)19(12,16)17/h8H,3,5H2,1-2H3. The summed E-state index contributed by atoms with van der Waals surface area (Å²) < 4.78 is 39.9. The summed E-state index contributed by atoms with van der Waals surface area (Å²) in [5, 5.41) is 7.64. The second-order valence-electron chi connectivity index (χ2n) is 4.38. The number of anilines is 1. The maximum atomic E-state index is 12.9. The molecule has 1 aromatic rings. The third-order valence-electron chi connectivity index (χ3n) is 3.21. The quantitative estimate of drug-likeness (QED) is 0.761. The molecule has 0 aliphatic carbocycles. The van der Waals surface area contributed by atoms with Gasteiger partial charge in [-0.05, 0) is 13.8 Å². The van der Waals surface area contributed by atoms with Gasteiger partial charge in [0.25, 0.3) is 0 Å². The Bertz CT molecular complexity index is 686. The van der Waals surface area contributed by atoms with E-state index in [0.29, 0.717) is 11.3 Å². The summed E-state index contributed by atoms with van der Waals surface area (Å²) in [5.74, 6) is -0.115. The van der Waals surface area contributed by atoms with Gasteiger partial charge in [-0.3, -0.25) is 9.69 Å². The van der Waals surface area contributed by atoms with Crippen LogP contribution in [0.1, 0.15) is 23.3 Å². The number of carbonyl (C=O) groups excluding carboxylic acids is 1. The molecule has 102 valence electrons. The Morgan fingerprint density at radius 3 is 2.58 bits per heavy atom. The first-order chi connectivity index (χ1) is 8.75. The van der Waals surface area contributed by atoms with Gasteiger partial charge in [0.2, 0.25) is 11.8 Å². The summed E-state index contributed by atoms with van der Waals surface area (Å²) in [7, 11) is -4.79. The number of amides is 1. The van der Waals surface area contributed by atoms with E-state index in [0.717, 1.165) is 4.90 Å². The van der Waals surface area contributed by atoms with Crippen molar-refractivity contribution in [2.75, 3.05) is 11.4 Å². The van der Waals surface area contributed by atoms with Crippen LogP contribution in [0.3, 0.4) is 0 Å². The zero-order valence-corrected chi connectivity index (χ0v) is 11.1. The van der Waals surface area contributed by atoms with Crippen LogP contribution in [0.4, 0.5) is 9.77 Å². The van der Waals surface area contributed by atoms with Crippen LogP contribution in [0.5, 0.6) is 0 Å². The Labute approximate surface area is 109 Å². The van der Waals surface area contributed by atoms with Crippen molar-refractivity contribution in [2.24, 2.45) is 0 Å². The van der Waals surface area contributed by atoms with Gasteiger partial charge in [-0.15, -0.1) is 3.89 Å². The Morgan fingerprint density at radius 2 is 2.11 bits per heavy atom. The monoisotopic (exact) mass is 286 g/mol. The SMILES string of the molecule is Cc1oc(N2CC(S(=O)(=O)F)CC2=O)c(C#N)c1C. The van der Waals surface area contributed by atoms with Crippen molar-refractivity contribution in [2.45, 2.75) is 25.5 Å². The van der Waals surface area contributed by atoms with Crippen molar-refractivity contribution >= 4 is 22.0 Å². The van der Waals surface area contributed by atoms with Crippen LogP contribution in [0, 0.1) is 25.2 Å². The van der Waals surface area contributed by atoms with Gasteiger partial charge in [0.1, 0.15) is 22.6 Å². The normalized spacial score (nSPS) is 19.8. The highest BCUT2D eigenvalue weighted by atomic mass is 32.3. The van der Waals surface area contributed by atoms with Crippen LogP contribution in [0.2, 0.25) is 0 Å². The van der Waals surface area contributed by atoms with Crippen LogP contribution in [-0.4, -0.2) is 26.1 Å². The molecule has 0 N–H and O–H groups in total. The Kier molecular flexibility index (Phi) is 3.10. The van der Waals surface area contributed by atoms with Crippen molar-refractivity contribution in [1.29, 1.82) is 5.26 Å². The minimum Gasteiger partial charge on any atom is -0.444 e. The highest BCUT2D eigenvalue weighted by molar-refractivity contribution is 7.87. The molecule has 2 rings (SSSR count). The molecular weight excluding hydrogens is 275 g/mol. The van der Waals surface area contributed by atoms with Crippen molar-refractivity contribution in [3.8, 4) is 6.07 Å². The molecule has 1 aliphatic heterocycles. The highest BCUT2D eigenvalue weighted by Crippen LogP contribution is 2.33. The van der Waals surface area contributed by atoms with Gasteiger partial charge in [-0.2, -0.15) is 13.7 Å². The first-order valence-corrected chi connectivity index (χ1v) is 6.94. The molecule has 0 bridgehead atoms. The van der Waals surface area contributed by atoms with E-state index in [1.54, 1.807) is 13.8 Å². The Balaban J connectivity index is 2.42. The molecule has 1 amide bonds. The lowest BCUT2D eigenvalue weighted by molar-refractivity contribution is -0.117. The van der Waals surface area contributed by atoms with Crippen molar-refractivity contribution < 1.29 is 21.5 Å². The third-order valence-corrected chi connectivity index (χ3v) is 4.32. The molecule has 1 atom stereocenters. The Morgan fingerprint density at radius 1 is 1.47 bits per heavy atom. The lowest BCUT2D eigenvalue weighted by Gasteiger charge is -2.12. The van der Waals surface area contributed by atoms with E-state index in [1.807, 2.05) is 6.07 Å². The van der Waals surface area contributed by atoms with Gasteiger partial charge in [0, 0.05) is 18.5 Å².